The summed E-state index contributed by atoms with van der Waals surface area (Å²) < 4.78 is 54.1. The minimum Gasteiger partial charge on any atom is -0.467 e. The predicted octanol–water partition coefficient (Wildman–Crippen LogP) is 4.93. The van der Waals surface area contributed by atoms with E-state index in [1.165, 1.54) is 19.2 Å². The van der Waals surface area contributed by atoms with Gasteiger partial charge in [-0.3, -0.25) is 0 Å². The molecule has 0 aliphatic carbocycles. The molecule has 58 heavy (non-hydrogen) atoms. The predicted molar refractivity (Wildman–Crippen MR) is 203 cm³/mol. The number of aliphatic hydroxyl groups excluding tert-OH is 1. The second-order valence-corrected chi connectivity index (χ2v) is 13.2. The second-order valence-electron chi connectivity index (χ2n) is 13.2. The topological polar surface area (TPSA) is 203 Å². The maximum absolute atomic E-state index is 13.7. The van der Waals surface area contributed by atoms with Gasteiger partial charge in [0.2, 0.25) is 0 Å². The Hall–Kier alpha value is -5.68. The molecule has 2 aliphatic rings. The molecule has 0 bridgehead atoms. The highest BCUT2D eigenvalue weighted by molar-refractivity contribution is 5.90. The Morgan fingerprint density at radius 2 is 1.22 bits per heavy atom. The summed E-state index contributed by atoms with van der Waals surface area (Å²) in [6.45, 7) is -0.533. The first kappa shape index (κ1) is 41.9. The van der Waals surface area contributed by atoms with Crippen molar-refractivity contribution in [3.63, 3.8) is 0 Å². The van der Waals surface area contributed by atoms with E-state index in [9.17, 15) is 25.0 Å². The Labute approximate surface area is 334 Å². The van der Waals surface area contributed by atoms with E-state index in [0.717, 1.165) is 12.7 Å². The van der Waals surface area contributed by atoms with Crippen molar-refractivity contribution in [1.29, 1.82) is 0 Å². The van der Waals surface area contributed by atoms with Crippen LogP contribution in [0.5, 0.6) is 0 Å². The van der Waals surface area contributed by atoms with Gasteiger partial charge in [-0.1, -0.05) is 102 Å². The number of carbonyl (C=O) groups is 3. The number of rotatable bonds is 16. The molecule has 0 spiro atoms. The molecule has 0 saturated carbocycles. The fraction of sp³-hybridized carbons (Fsp3) is 0.357. The minimum atomic E-state index is -1.73. The fourth-order valence-corrected chi connectivity index (χ4v) is 6.59. The lowest BCUT2D eigenvalue weighted by Gasteiger charge is -2.48. The average molecular weight is 798 g/mol. The molecule has 16 nitrogen and oxygen atoms in total. The molecule has 4 aromatic rings. The standard InChI is InChI=1S/C42H43N3O13/c1-50-40(49)36-32(46)35(53-24-27-17-9-4-10-18-27)37(56-39(48)29-21-13-6-14-22-29)42(58-36)57-33-30(25-54-38(47)28-19-11-5-12-20-28)55-41(51-2)31(44-45-43)34(33)52-23-26-15-7-3-8-16-26/h3-22,30-37,41-42,46H,23-25H2,1-2H3/t30-,31-,32-,33-,34-,35-,36-,37-,41+,42+/m1/s1. The van der Waals surface area contributed by atoms with E-state index >= 15 is 0 Å². The van der Waals surface area contributed by atoms with Crippen molar-refractivity contribution in [2.45, 2.75) is 74.6 Å². The molecule has 2 aliphatic heterocycles. The normalized spacial score (nSPS) is 26.7. The number of benzene rings is 4. The zero-order chi connectivity index (χ0) is 40.9. The molecule has 304 valence electrons. The lowest BCUT2D eigenvalue weighted by molar-refractivity contribution is -0.347. The van der Waals surface area contributed by atoms with E-state index in [1.54, 1.807) is 72.8 Å². The van der Waals surface area contributed by atoms with Crippen molar-refractivity contribution in [2.24, 2.45) is 5.11 Å². The third-order valence-electron chi connectivity index (χ3n) is 9.49. The van der Waals surface area contributed by atoms with Gasteiger partial charge >= 0.3 is 17.9 Å². The zero-order valence-electron chi connectivity index (χ0n) is 31.6. The third kappa shape index (κ3) is 10.4. The summed E-state index contributed by atoms with van der Waals surface area (Å²) in [6.07, 6.45) is -13.2. The number of hydrogen-bond donors (Lipinski definition) is 1. The van der Waals surface area contributed by atoms with Gasteiger partial charge in [0.05, 0.1) is 31.5 Å². The lowest BCUT2D eigenvalue weighted by atomic mass is 9.95. The molecule has 2 heterocycles. The van der Waals surface area contributed by atoms with Crippen molar-refractivity contribution < 1.29 is 62.1 Å². The van der Waals surface area contributed by atoms with E-state index < -0.39 is 85.9 Å². The van der Waals surface area contributed by atoms with Crippen LogP contribution in [0.4, 0.5) is 0 Å². The molecule has 16 heteroatoms. The number of azide groups is 1. The van der Waals surface area contributed by atoms with Crippen LogP contribution in [0.3, 0.4) is 0 Å². The van der Waals surface area contributed by atoms with Gasteiger partial charge < -0.3 is 47.7 Å². The van der Waals surface area contributed by atoms with Crippen LogP contribution in [0, 0.1) is 0 Å². The van der Waals surface area contributed by atoms with E-state index in [0.29, 0.717) is 5.56 Å². The molecule has 0 amide bonds. The summed E-state index contributed by atoms with van der Waals surface area (Å²) in [6, 6.07) is 33.3. The monoisotopic (exact) mass is 797 g/mol. The van der Waals surface area contributed by atoms with Crippen molar-refractivity contribution in [2.75, 3.05) is 20.8 Å². The highest BCUT2D eigenvalue weighted by Gasteiger charge is 2.56. The first-order valence-electron chi connectivity index (χ1n) is 18.4. The number of nitrogens with zero attached hydrogens (tertiary/aromatic N) is 3. The third-order valence-corrected chi connectivity index (χ3v) is 9.49. The Balaban J connectivity index is 1.41. The minimum absolute atomic E-state index is 0.0139. The van der Waals surface area contributed by atoms with Gasteiger partial charge in [-0.25, -0.2) is 14.4 Å². The van der Waals surface area contributed by atoms with E-state index in [2.05, 4.69) is 10.0 Å². The summed E-state index contributed by atoms with van der Waals surface area (Å²) in [5.41, 5.74) is 11.6. The van der Waals surface area contributed by atoms with Crippen molar-refractivity contribution in [3.8, 4) is 0 Å². The summed E-state index contributed by atoms with van der Waals surface area (Å²) in [5, 5.41) is 15.6. The quantitative estimate of drug-likeness (QED) is 0.0526. The molecule has 10 atom stereocenters. The van der Waals surface area contributed by atoms with Gasteiger partial charge in [0.25, 0.3) is 0 Å². The van der Waals surface area contributed by atoms with Crippen molar-refractivity contribution >= 4 is 17.9 Å². The summed E-state index contributed by atoms with van der Waals surface area (Å²) in [7, 11) is 2.46. The largest absolute Gasteiger partial charge is 0.467 e. The van der Waals surface area contributed by atoms with Gasteiger partial charge in [-0.2, -0.15) is 0 Å². The van der Waals surface area contributed by atoms with E-state index in [4.69, 9.17) is 42.6 Å². The summed E-state index contributed by atoms with van der Waals surface area (Å²) >= 11 is 0. The number of carbonyl (C=O) groups excluding carboxylic acids is 3. The van der Waals surface area contributed by atoms with Crippen LogP contribution in [0.25, 0.3) is 10.4 Å². The van der Waals surface area contributed by atoms with Crippen LogP contribution in [-0.4, -0.2) is 105 Å². The van der Waals surface area contributed by atoms with Crippen molar-refractivity contribution in [3.05, 3.63) is 154 Å². The molecule has 2 fully saturated rings. The van der Waals surface area contributed by atoms with Gasteiger partial charge in [0, 0.05) is 12.0 Å². The first-order chi connectivity index (χ1) is 28.3. The van der Waals surface area contributed by atoms with Crippen LogP contribution in [-0.2, 0) is 60.6 Å². The smallest absolute Gasteiger partial charge is 0.338 e. The van der Waals surface area contributed by atoms with Crippen LogP contribution in [0.15, 0.2) is 126 Å². The second kappa shape index (κ2) is 20.7. The molecule has 6 rings (SSSR count). The Bertz CT molecular complexity index is 1970. The van der Waals surface area contributed by atoms with Crippen LogP contribution in [0.1, 0.15) is 31.8 Å². The Morgan fingerprint density at radius 1 is 0.690 bits per heavy atom. The van der Waals surface area contributed by atoms with Crippen molar-refractivity contribution in [1.82, 2.24) is 0 Å². The van der Waals surface area contributed by atoms with Crippen LogP contribution < -0.4 is 0 Å². The van der Waals surface area contributed by atoms with Gasteiger partial charge in [-0.15, -0.1) is 0 Å². The first-order valence-corrected chi connectivity index (χ1v) is 18.4. The number of ether oxygens (including phenoxy) is 9. The number of esters is 3. The molecule has 2 saturated heterocycles. The summed E-state index contributed by atoms with van der Waals surface area (Å²) in [5.74, 6) is -2.47. The molecular formula is C42H43N3O13. The highest BCUT2D eigenvalue weighted by Crippen LogP contribution is 2.35. The van der Waals surface area contributed by atoms with Crippen LogP contribution >= 0.6 is 0 Å². The van der Waals surface area contributed by atoms with Gasteiger partial charge in [0.1, 0.15) is 43.2 Å². The molecule has 0 aromatic heterocycles. The lowest BCUT2D eigenvalue weighted by Crippen LogP contribution is -2.66. The van der Waals surface area contributed by atoms with E-state index in [1.807, 2.05) is 36.4 Å². The molecular weight excluding hydrogens is 754 g/mol. The maximum atomic E-state index is 13.7. The fourth-order valence-electron chi connectivity index (χ4n) is 6.59. The van der Waals surface area contributed by atoms with E-state index in [-0.39, 0.29) is 24.3 Å². The number of methoxy groups -OCH3 is 2. The van der Waals surface area contributed by atoms with Gasteiger partial charge in [0.15, 0.2) is 24.8 Å². The Kier molecular flexibility index (Phi) is 14.9. The van der Waals surface area contributed by atoms with Crippen LogP contribution in [0.2, 0.25) is 0 Å². The summed E-state index contributed by atoms with van der Waals surface area (Å²) in [4.78, 5) is 43.1. The Morgan fingerprint density at radius 3 is 1.76 bits per heavy atom. The maximum Gasteiger partial charge on any atom is 0.338 e. The SMILES string of the molecule is COC(=O)[C@@H]1O[C@H](O[C@H]2[C@H](OCc3ccccc3)[C@@H](N=[N+]=[N-])[C@@H](OC)O[C@@H]2COC(=O)c2ccccc2)[C@H](OC(=O)c2ccccc2)[C@H](OCc2ccccc2)[C@H]1O. The highest BCUT2D eigenvalue weighted by atomic mass is 16.8. The molecule has 1 N–H and O–H groups in total. The molecule has 0 unspecified atom stereocenters. The number of aliphatic hydroxyl groups is 1. The number of hydrogen-bond acceptors (Lipinski definition) is 14. The van der Waals surface area contributed by atoms with Gasteiger partial charge in [-0.05, 0) is 40.9 Å². The zero-order valence-corrected chi connectivity index (χ0v) is 31.6. The average Bonchev–Trinajstić information content (AvgIpc) is 3.27. The molecule has 4 aromatic carbocycles. The molecule has 0 radical (unpaired) electrons.